The SMILES string of the molecule is CNC(C)c1noc(CC2CCCCN2)n1. The van der Waals surface area contributed by atoms with Crippen molar-refractivity contribution < 1.29 is 4.52 Å². The van der Waals surface area contributed by atoms with Crippen LogP contribution in [-0.2, 0) is 6.42 Å². The van der Waals surface area contributed by atoms with E-state index in [1.807, 2.05) is 14.0 Å². The smallest absolute Gasteiger partial charge is 0.228 e. The van der Waals surface area contributed by atoms with Gasteiger partial charge in [0.05, 0.1) is 6.04 Å². The number of hydrogen-bond acceptors (Lipinski definition) is 5. The monoisotopic (exact) mass is 224 g/mol. The zero-order valence-electron chi connectivity index (χ0n) is 9.99. The van der Waals surface area contributed by atoms with Crippen molar-refractivity contribution in [3.05, 3.63) is 11.7 Å². The highest BCUT2D eigenvalue weighted by atomic mass is 16.5. The van der Waals surface area contributed by atoms with Gasteiger partial charge in [-0.15, -0.1) is 0 Å². The van der Waals surface area contributed by atoms with Crippen molar-refractivity contribution >= 4 is 0 Å². The summed E-state index contributed by atoms with van der Waals surface area (Å²) in [5, 5.41) is 10.6. The molecule has 0 spiro atoms. The van der Waals surface area contributed by atoms with Gasteiger partial charge in [0.2, 0.25) is 5.89 Å². The van der Waals surface area contributed by atoms with Gasteiger partial charge in [0.25, 0.3) is 0 Å². The lowest BCUT2D eigenvalue weighted by Gasteiger charge is -2.21. The van der Waals surface area contributed by atoms with E-state index in [1.165, 1.54) is 19.3 Å². The van der Waals surface area contributed by atoms with Crippen LogP contribution in [0.25, 0.3) is 0 Å². The van der Waals surface area contributed by atoms with Gasteiger partial charge in [0, 0.05) is 12.5 Å². The molecule has 0 amide bonds. The number of nitrogens with one attached hydrogen (secondary N) is 2. The second-order valence-electron chi connectivity index (χ2n) is 4.41. The van der Waals surface area contributed by atoms with E-state index < -0.39 is 0 Å². The molecule has 90 valence electrons. The van der Waals surface area contributed by atoms with Gasteiger partial charge in [-0.25, -0.2) is 0 Å². The van der Waals surface area contributed by atoms with Crippen LogP contribution in [0, 0.1) is 0 Å². The van der Waals surface area contributed by atoms with Gasteiger partial charge in [0.15, 0.2) is 5.82 Å². The topological polar surface area (TPSA) is 63.0 Å². The molecule has 2 rings (SSSR count). The molecule has 0 aromatic carbocycles. The van der Waals surface area contributed by atoms with Crippen molar-refractivity contribution in [2.24, 2.45) is 0 Å². The molecule has 0 saturated carbocycles. The summed E-state index contributed by atoms with van der Waals surface area (Å²) in [7, 11) is 1.89. The van der Waals surface area contributed by atoms with Crippen molar-refractivity contribution in [2.45, 2.75) is 44.7 Å². The summed E-state index contributed by atoms with van der Waals surface area (Å²) in [6.07, 6.45) is 4.64. The van der Waals surface area contributed by atoms with E-state index in [0.717, 1.165) is 24.7 Å². The molecular weight excluding hydrogens is 204 g/mol. The Kier molecular flexibility index (Phi) is 3.90. The van der Waals surface area contributed by atoms with Crippen LogP contribution in [0.3, 0.4) is 0 Å². The number of hydrogen-bond donors (Lipinski definition) is 2. The molecule has 0 radical (unpaired) electrons. The predicted molar refractivity (Wildman–Crippen MR) is 61.1 cm³/mol. The molecule has 1 saturated heterocycles. The maximum atomic E-state index is 5.25. The number of piperidine rings is 1. The van der Waals surface area contributed by atoms with Crippen molar-refractivity contribution in [1.82, 2.24) is 20.8 Å². The predicted octanol–water partition coefficient (Wildman–Crippen LogP) is 1.03. The summed E-state index contributed by atoms with van der Waals surface area (Å²) < 4.78 is 5.25. The molecule has 16 heavy (non-hydrogen) atoms. The average Bonchev–Trinajstić information content (AvgIpc) is 2.78. The summed E-state index contributed by atoms with van der Waals surface area (Å²) in [5.41, 5.74) is 0. The lowest BCUT2D eigenvalue weighted by Crippen LogP contribution is -2.35. The fourth-order valence-electron chi connectivity index (χ4n) is 1.96. The van der Waals surface area contributed by atoms with E-state index in [0.29, 0.717) is 6.04 Å². The minimum atomic E-state index is 0.150. The average molecular weight is 224 g/mol. The van der Waals surface area contributed by atoms with Crippen molar-refractivity contribution in [2.75, 3.05) is 13.6 Å². The Morgan fingerprint density at radius 1 is 1.56 bits per heavy atom. The first-order chi connectivity index (χ1) is 7.79. The molecule has 2 atom stereocenters. The van der Waals surface area contributed by atoms with Crippen LogP contribution in [0.15, 0.2) is 4.52 Å². The Labute approximate surface area is 96.0 Å². The Bertz CT molecular complexity index is 320. The second kappa shape index (κ2) is 5.41. The lowest BCUT2D eigenvalue weighted by molar-refractivity contribution is 0.328. The normalized spacial score (nSPS) is 23.2. The van der Waals surface area contributed by atoms with Crippen LogP contribution in [-0.4, -0.2) is 29.8 Å². The fourth-order valence-corrected chi connectivity index (χ4v) is 1.96. The van der Waals surface area contributed by atoms with Gasteiger partial charge in [-0.05, 0) is 33.4 Å². The molecule has 0 bridgehead atoms. The number of aromatic nitrogens is 2. The largest absolute Gasteiger partial charge is 0.339 e. The van der Waals surface area contributed by atoms with Gasteiger partial charge >= 0.3 is 0 Å². The Balaban J connectivity index is 1.91. The second-order valence-corrected chi connectivity index (χ2v) is 4.41. The molecular formula is C11H20N4O. The summed E-state index contributed by atoms with van der Waals surface area (Å²) in [6, 6.07) is 0.656. The maximum absolute atomic E-state index is 5.25. The van der Waals surface area contributed by atoms with E-state index in [-0.39, 0.29) is 6.04 Å². The molecule has 2 unspecified atom stereocenters. The van der Waals surface area contributed by atoms with E-state index in [9.17, 15) is 0 Å². The highest BCUT2D eigenvalue weighted by Gasteiger charge is 2.18. The first-order valence-electron chi connectivity index (χ1n) is 6.02. The summed E-state index contributed by atoms with van der Waals surface area (Å²) in [5.74, 6) is 1.49. The zero-order valence-corrected chi connectivity index (χ0v) is 9.99. The lowest BCUT2D eigenvalue weighted by atomic mass is 10.0. The third kappa shape index (κ3) is 2.80. The first-order valence-corrected chi connectivity index (χ1v) is 6.02. The summed E-state index contributed by atoms with van der Waals surface area (Å²) >= 11 is 0. The van der Waals surface area contributed by atoms with E-state index in [4.69, 9.17) is 4.52 Å². The van der Waals surface area contributed by atoms with Crippen LogP contribution < -0.4 is 10.6 Å². The minimum Gasteiger partial charge on any atom is -0.339 e. The van der Waals surface area contributed by atoms with Crippen LogP contribution in [0.2, 0.25) is 0 Å². The Morgan fingerprint density at radius 3 is 3.12 bits per heavy atom. The van der Waals surface area contributed by atoms with E-state index in [2.05, 4.69) is 20.8 Å². The summed E-state index contributed by atoms with van der Waals surface area (Å²) in [4.78, 5) is 4.39. The zero-order chi connectivity index (χ0) is 11.4. The molecule has 1 aliphatic rings. The van der Waals surface area contributed by atoms with Gasteiger partial charge in [-0.3, -0.25) is 0 Å². The molecule has 1 aliphatic heterocycles. The summed E-state index contributed by atoms with van der Waals surface area (Å²) in [6.45, 7) is 3.13. The standard InChI is InChI=1S/C11H20N4O/c1-8(12-2)11-14-10(16-15-11)7-9-5-3-4-6-13-9/h8-9,12-13H,3-7H2,1-2H3. The molecule has 2 heterocycles. The van der Waals surface area contributed by atoms with Gasteiger partial charge < -0.3 is 15.2 Å². The highest BCUT2D eigenvalue weighted by Crippen LogP contribution is 2.13. The van der Waals surface area contributed by atoms with Crippen molar-refractivity contribution in [1.29, 1.82) is 0 Å². The third-order valence-electron chi connectivity index (χ3n) is 3.14. The van der Waals surface area contributed by atoms with Crippen LogP contribution >= 0.6 is 0 Å². The van der Waals surface area contributed by atoms with Crippen LogP contribution in [0.5, 0.6) is 0 Å². The first kappa shape index (κ1) is 11.5. The molecule has 0 aliphatic carbocycles. The van der Waals surface area contributed by atoms with Gasteiger partial charge in [-0.2, -0.15) is 4.98 Å². The van der Waals surface area contributed by atoms with Crippen molar-refractivity contribution in [3.63, 3.8) is 0 Å². The van der Waals surface area contributed by atoms with E-state index in [1.54, 1.807) is 0 Å². The van der Waals surface area contributed by atoms with Crippen LogP contribution in [0.1, 0.15) is 43.9 Å². The Morgan fingerprint density at radius 2 is 2.44 bits per heavy atom. The quantitative estimate of drug-likeness (QED) is 0.800. The molecule has 2 N–H and O–H groups in total. The fraction of sp³-hybridized carbons (Fsp3) is 0.818. The van der Waals surface area contributed by atoms with Crippen LogP contribution in [0.4, 0.5) is 0 Å². The molecule has 1 aromatic rings. The molecule has 1 aromatic heterocycles. The van der Waals surface area contributed by atoms with Gasteiger partial charge in [-0.1, -0.05) is 11.6 Å². The molecule has 5 heteroatoms. The third-order valence-corrected chi connectivity index (χ3v) is 3.14. The highest BCUT2D eigenvalue weighted by molar-refractivity contribution is 4.94. The van der Waals surface area contributed by atoms with Crippen molar-refractivity contribution in [3.8, 4) is 0 Å². The molecule has 1 fully saturated rings. The van der Waals surface area contributed by atoms with Gasteiger partial charge in [0.1, 0.15) is 0 Å². The number of nitrogens with zero attached hydrogens (tertiary/aromatic N) is 2. The number of rotatable bonds is 4. The Hall–Kier alpha value is -0.940. The minimum absolute atomic E-state index is 0.150. The van der Waals surface area contributed by atoms with E-state index >= 15 is 0 Å². The molecule has 5 nitrogen and oxygen atoms in total. The maximum Gasteiger partial charge on any atom is 0.228 e.